The van der Waals surface area contributed by atoms with Crippen molar-refractivity contribution in [1.29, 1.82) is 5.26 Å². The van der Waals surface area contributed by atoms with E-state index in [0.717, 1.165) is 38.4 Å². The second-order valence-electron chi connectivity index (χ2n) is 6.15. The Hall–Kier alpha value is -0.630. The van der Waals surface area contributed by atoms with E-state index < -0.39 is 0 Å². The zero-order chi connectivity index (χ0) is 14.1. The van der Waals surface area contributed by atoms with Gasteiger partial charge in [-0.25, -0.2) is 0 Å². The molecular formula is C15H29N3O. The maximum Gasteiger partial charge on any atom is 0.0866 e. The van der Waals surface area contributed by atoms with Gasteiger partial charge in [0.15, 0.2) is 0 Å². The minimum absolute atomic E-state index is 0.278. The highest BCUT2D eigenvalue weighted by molar-refractivity contribution is 4.87. The van der Waals surface area contributed by atoms with Gasteiger partial charge in [-0.1, -0.05) is 13.8 Å². The molecule has 0 aromatic carbocycles. The molecule has 2 N–H and O–H groups in total. The number of aliphatic hydroxyl groups is 1. The van der Waals surface area contributed by atoms with Crippen LogP contribution in [0, 0.1) is 23.2 Å². The van der Waals surface area contributed by atoms with E-state index in [2.05, 4.69) is 30.1 Å². The number of hydrogen-bond acceptors (Lipinski definition) is 4. The summed E-state index contributed by atoms with van der Waals surface area (Å²) in [6, 6.07) is 2.76. The number of nitrogens with zero attached hydrogens (tertiary/aromatic N) is 2. The van der Waals surface area contributed by atoms with Crippen molar-refractivity contribution >= 4 is 0 Å². The molecule has 2 unspecified atom stereocenters. The van der Waals surface area contributed by atoms with Crippen molar-refractivity contribution in [1.82, 2.24) is 10.2 Å². The fourth-order valence-electron chi connectivity index (χ4n) is 2.85. The number of nitrogens with one attached hydrogen (secondary N) is 1. The van der Waals surface area contributed by atoms with Crippen molar-refractivity contribution in [3.05, 3.63) is 0 Å². The van der Waals surface area contributed by atoms with Gasteiger partial charge in [-0.05, 0) is 44.1 Å². The molecule has 1 saturated heterocycles. The molecule has 0 saturated carbocycles. The van der Waals surface area contributed by atoms with Crippen LogP contribution in [0.25, 0.3) is 0 Å². The Balaban J connectivity index is 2.38. The first-order valence-electron chi connectivity index (χ1n) is 7.59. The summed E-state index contributed by atoms with van der Waals surface area (Å²) in [7, 11) is 0. The lowest BCUT2D eigenvalue weighted by Gasteiger charge is -2.37. The Morgan fingerprint density at radius 3 is 2.84 bits per heavy atom. The smallest absolute Gasteiger partial charge is 0.0866 e. The average Bonchev–Trinajstić information content (AvgIpc) is 2.36. The molecule has 19 heavy (non-hydrogen) atoms. The molecule has 0 bridgehead atoms. The summed E-state index contributed by atoms with van der Waals surface area (Å²) in [5, 5.41) is 21.5. The largest absolute Gasteiger partial charge is 0.396 e. The SMILES string of the molecule is CC(C)CCNC1CC(CCCO)CN(CC#N)C1. The molecule has 1 aliphatic heterocycles. The van der Waals surface area contributed by atoms with Crippen LogP contribution in [-0.4, -0.2) is 48.8 Å². The van der Waals surface area contributed by atoms with Gasteiger partial charge in [-0.3, -0.25) is 4.90 Å². The molecule has 0 aliphatic carbocycles. The summed E-state index contributed by atoms with van der Waals surface area (Å²) in [4.78, 5) is 2.25. The number of rotatable bonds is 8. The molecule has 0 aromatic heterocycles. The molecule has 0 aromatic rings. The average molecular weight is 267 g/mol. The second-order valence-corrected chi connectivity index (χ2v) is 6.15. The second kappa shape index (κ2) is 9.30. The first-order chi connectivity index (χ1) is 9.15. The van der Waals surface area contributed by atoms with Crippen LogP contribution >= 0.6 is 0 Å². The zero-order valence-electron chi connectivity index (χ0n) is 12.4. The number of aliphatic hydroxyl groups excluding tert-OH is 1. The number of hydrogen-bond donors (Lipinski definition) is 2. The predicted octanol–water partition coefficient (Wildman–Crippen LogP) is 1.61. The molecule has 1 aliphatic rings. The van der Waals surface area contributed by atoms with E-state index in [-0.39, 0.29) is 6.61 Å². The molecule has 0 amide bonds. The fraction of sp³-hybridized carbons (Fsp3) is 0.933. The van der Waals surface area contributed by atoms with E-state index in [4.69, 9.17) is 10.4 Å². The lowest BCUT2D eigenvalue weighted by atomic mass is 9.90. The van der Waals surface area contributed by atoms with Gasteiger partial charge in [-0.2, -0.15) is 5.26 Å². The third kappa shape index (κ3) is 6.91. The summed E-state index contributed by atoms with van der Waals surface area (Å²) in [5.41, 5.74) is 0. The first-order valence-corrected chi connectivity index (χ1v) is 7.59. The quantitative estimate of drug-likeness (QED) is 0.656. The van der Waals surface area contributed by atoms with E-state index in [0.29, 0.717) is 18.5 Å². The first kappa shape index (κ1) is 16.4. The predicted molar refractivity (Wildman–Crippen MR) is 77.7 cm³/mol. The standard InChI is InChI=1S/C15H29N3O/c1-13(2)5-7-17-15-10-14(4-3-9-19)11-18(12-15)8-6-16/h13-15,17,19H,3-5,7-12H2,1-2H3. The molecule has 0 radical (unpaired) electrons. The van der Waals surface area contributed by atoms with E-state index in [1.54, 1.807) is 0 Å². The molecule has 1 rings (SSSR count). The number of nitriles is 1. The molecule has 4 nitrogen and oxygen atoms in total. The maximum absolute atomic E-state index is 8.95. The van der Waals surface area contributed by atoms with Crippen molar-refractivity contribution in [2.24, 2.45) is 11.8 Å². The number of likely N-dealkylation sites (tertiary alicyclic amines) is 1. The normalized spacial score (nSPS) is 24.6. The Morgan fingerprint density at radius 1 is 1.42 bits per heavy atom. The molecule has 110 valence electrons. The van der Waals surface area contributed by atoms with Crippen molar-refractivity contribution in [3.63, 3.8) is 0 Å². The third-order valence-corrected chi connectivity index (χ3v) is 3.83. The fourth-order valence-corrected chi connectivity index (χ4v) is 2.85. The van der Waals surface area contributed by atoms with Gasteiger partial charge in [0, 0.05) is 25.7 Å². The maximum atomic E-state index is 8.95. The van der Waals surface area contributed by atoms with Crippen LogP contribution in [0.15, 0.2) is 0 Å². The van der Waals surface area contributed by atoms with E-state index >= 15 is 0 Å². The summed E-state index contributed by atoms with van der Waals surface area (Å²) >= 11 is 0. The molecule has 2 atom stereocenters. The van der Waals surface area contributed by atoms with Crippen molar-refractivity contribution in [2.45, 2.75) is 45.6 Å². The minimum Gasteiger partial charge on any atom is -0.396 e. The van der Waals surface area contributed by atoms with Gasteiger partial charge in [0.2, 0.25) is 0 Å². The monoisotopic (exact) mass is 267 g/mol. The zero-order valence-corrected chi connectivity index (χ0v) is 12.4. The van der Waals surface area contributed by atoms with Crippen molar-refractivity contribution in [3.8, 4) is 6.07 Å². The van der Waals surface area contributed by atoms with Gasteiger partial charge >= 0.3 is 0 Å². The van der Waals surface area contributed by atoms with Crippen LogP contribution in [0.4, 0.5) is 0 Å². The van der Waals surface area contributed by atoms with E-state index in [1.165, 1.54) is 12.8 Å². The van der Waals surface area contributed by atoms with Crippen LogP contribution in [0.3, 0.4) is 0 Å². The summed E-state index contributed by atoms with van der Waals surface area (Å²) in [6.45, 7) is 8.36. The van der Waals surface area contributed by atoms with Crippen LogP contribution in [-0.2, 0) is 0 Å². The van der Waals surface area contributed by atoms with Gasteiger partial charge in [0.05, 0.1) is 12.6 Å². The highest BCUT2D eigenvalue weighted by Gasteiger charge is 2.26. The lowest BCUT2D eigenvalue weighted by Crippen LogP contribution is -2.49. The van der Waals surface area contributed by atoms with Crippen LogP contribution in [0.2, 0.25) is 0 Å². The highest BCUT2D eigenvalue weighted by Crippen LogP contribution is 2.21. The Bertz CT molecular complexity index is 275. The summed E-state index contributed by atoms with van der Waals surface area (Å²) < 4.78 is 0. The Morgan fingerprint density at radius 2 is 2.21 bits per heavy atom. The van der Waals surface area contributed by atoms with Crippen LogP contribution in [0.5, 0.6) is 0 Å². The van der Waals surface area contributed by atoms with Crippen molar-refractivity contribution < 1.29 is 5.11 Å². The van der Waals surface area contributed by atoms with Crippen LogP contribution in [0.1, 0.15) is 39.5 Å². The summed E-state index contributed by atoms with van der Waals surface area (Å²) in [6.07, 6.45) is 4.33. The molecule has 1 fully saturated rings. The Kier molecular flexibility index (Phi) is 8.04. The lowest BCUT2D eigenvalue weighted by molar-refractivity contribution is 0.142. The van der Waals surface area contributed by atoms with Gasteiger partial charge in [-0.15, -0.1) is 0 Å². The summed E-state index contributed by atoms with van der Waals surface area (Å²) in [5.74, 6) is 1.35. The highest BCUT2D eigenvalue weighted by atomic mass is 16.2. The minimum atomic E-state index is 0.278. The van der Waals surface area contributed by atoms with Gasteiger partial charge < -0.3 is 10.4 Å². The van der Waals surface area contributed by atoms with Crippen LogP contribution < -0.4 is 5.32 Å². The van der Waals surface area contributed by atoms with Crippen molar-refractivity contribution in [2.75, 3.05) is 32.8 Å². The third-order valence-electron chi connectivity index (χ3n) is 3.83. The molecule has 4 heteroatoms. The van der Waals surface area contributed by atoms with E-state index in [1.807, 2.05) is 0 Å². The Labute approximate surface area is 117 Å². The van der Waals surface area contributed by atoms with E-state index in [9.17, 15) is 0 Å². The molecule has 0 spiro atoms. The molecule has 1 heterocycles. The molecular weight excluding hydrogens is 238 g/mol. The van der Waals surface area contributed by atoms with Gasteiger partial charge in [0.1, 0.15) is 0 Å². The van der Waals surface area contributed by atoms with Gasteiger partial charge in [0.25, 0.3) is 0 Å². The topological polar surface area (TPSA) is 59.3 Å². The number of piperidine rings is 1.